The van der Waals surface area contributed by atoms with Crippen molar-refractivity contribution >= 4 is 9.84 Å². The second-order valence-corrected chi connectivity index (χ2v) is 8.39. The monoisotopic (exact) mass is 350 g/mol. The Morgan fingerprint density at radius 1 is 1.12 bits per heavy atom. The van der Waals surface area contributed by atoms with Crippen molar-refractivity contribution in [2.75, 3.05) is 6.26 Å². The summed E-state index contributed by atoms with van der Waals surface area (Å²) in [7, 11) is -3.20. The third-order valence-electron chi connectivity index (χ3n) is 4.52. The number of hydrogen-bond donors (Lipinski definition) is 2. The number of nitrogens with one attached hydrogen (secondary N) is 2. The lowest BCUT2D eigenvalue weighted by atomic mass is 9.92. The summed E-state index contributed by atoms with van der Waals surface area (Å²) in [6, 6.07) is 7.32. The van der Waals surface area contributed by atoms with Gasteiger partial charge in [-0.15, -0.1) is 0 Å². The maximum absolute atomic E-state index is 11.5. The third kappa shape index (κ3) is 3.66. The maximum Gasteiger partial charge on any atom is 0.226 e. The SMILES string of the molecule is CC1NNC(C)C1CCc1nc(-c2ccc(S(C)(=O)=O)cc2)no1. The van der Waals surface area contributed by atoms with E-state index in [1.165, 1.54) is 6.26 Å². The van der Waals surface area contributed by atoms with Crippen LogP contribution in [0.4, 0.5) is 0 Å². The molecule has 2 aromatic rings. The van der Waals surface area contributed by atoms with Crippen molar-refractivity contribution in [1.82, 2.24) is 21.0 Å². The molecule has 2 atom stereocenters. The first-order chi connectivity index (χ1) is 11.3. The number of benzene rings is 1. The van der Waals surface area contributed by atoms with E-state index in [0.29, 0.717) is 29.7 Å². The van der Waals surface area contributed by atoms with Crippen LogP contribution >= 0.6 is 0 Å². The summed E-state index contributed by atoms with van der Waals surface area (Å²) in [5.74, 6) is 1.59. The van der Waals surface area contributed by atoms with Crippen molar-refractivity contribution < 1.29 is 12.9 Å². The zero-order valence-corrected chi connectivity index (χ0v) is 14.8. The number of hydrazine groups is 1. The van der Waals surface area contributed by atoms with Crippen LogP contribution in [0, 0.1) is 5.92 Å². The van der Waals surface area contributed by atoms with E-state index in [1.54, 1.807) is 24.3 Å². The highest BCUT2D eigenvalue weighted by Crippen LogP contribution is 2.22. The average Bonchev–Trinajstić information content (AvgIpc) is 3.12. The van der Waals surface area contributed by atoms with Gasteiger partial charge in [0.25, 0.3) is 0 Å². The first-order valence-corrected chi connectivity index (χ1v) is 9.88. The average molecular weight is 350 g/mol. The second kappa shape index (κ2) is 6.62. The molecule has 3 rings (SSSR count). The molecule has 7 nitrogen and oxygen atoms in total. The van der Waals surface area contributed by atoms with Gasteiger partial charge in [-0.05, 0) is 50.5 Å². The van der Waals surface area contributed by atoms with Crippen LogP contribution in [0.25, 0.3) is 11.4 Å². The number of rotatable bonds is 5. The van der Waals surface area contributed by atoms with Crippen LogP contribution in [0.1, 0.15) is 26.2 Å². The lowest BCUT2D eigenvalue weighted by Gasteiger charge is -2.16. The molecule has 0 spiro atoms. The van der Waals surface area contributed by atoms with Gasteiger partial charge < -0.3 is 4.52 Å². The molecular weight excluding hydrogens is 328 g/mol. The Kier molecular flexibility index (Phi) is 4.71. The van der Waals surface area contributed by atoms with Crippen molar-refractivity contribution in [3.63, 3.8) is 0 Å². The quantitative estimate of drug-likeness (QED) is 0.845. The standard InChI is InChI=1S/C16H22N4O3S/c1-10-14(11(2)19-18-10)8-9-15-17-16(20-23-15)12-4-6-13(7-5-12)24(3,21)22/h4-7,10-11,14,18-19H,8-9H2,1-3H3. The van der Waals surface area contributed by atoms with Gasteiger partial charge >= 0.3 is 0 Å². The highest BCUT2D eigenvalue weighted by atomic mass is 32.2. The summed E-state index contributed by atoms with van der Waals surface area (Å²) >= 11 is 0. The molecule has 1 fully saturated rings. The highest BCUT2D eigenvalue weighted by Gasteiger charge is 2.29. The Balaban J connectivity index is 1.67. The molecule has 2 heterocycles. The largest absolute Gasteiger partial charge is 0.339 e. The first-order valence-electron chi connectivity index (χ1n) is 7.99. The third-order valence-corrected chi connectivity index (χ3v) is 5.65. The van der Waals surface area contributed by atoms with Crippen LogP contribution in [0.5, 0.6) is 0 Å². The number of aryl methyl sites for hydroxylation is 1. The second-order valence-electron chi connectivity index (χ2n) is 6.38. The van der Waals surface area contributed by atoms with E-state index >= 15 is 0 Å². The van der Waals surface area contributed by atoms with Crippen molar-refractivity contribution in [3.05, 3.63) is 30.2 Å². The lowest BCUT2D eigenvalue weighted by molar-refractivity contribution is 0.347. The molecule has 130 valence electrons. The molecule has 1 aliphatic rings. The molecule has 2 N–H and O–H groups in total. The van der Waals surface area contributed by atoms with E-state index in [-0.39, 0.29) is 4.90 Å². The van der Waals surface area contributed by atoms with Gasteiger partial charge in [0.1, 0.15) is 0 Å². The van der Waals surface area contributed by atoms with Crippen LogP contribution in [-0.4, -0.2) is 36.9 Å². The Morgan fingerprint density at radius 2 is 1.75 bits per heavy atom. The van der Waals surface area contributed by atoms with Crippen molar-refractivity contribution in [2.24, 2.45) is 5.92 Å². The lowest BCUT2D eigenvalue weighted by Crippen LogP contribution is -2.30. The fraction of sp³-hybridized carbons (Fsp3) is 0.500. The zero-order chi connectivity index (χ0) is 17.3. The smallest absolute Gasteiger partial charge is 0.226 e. The summed E-state index contributed by atoms with van der Waals surface area (Å²) in [6.07, 6.45) is 2.86. The molecule has 0 aliphatic carbocycles. The van der Waals surface area contributed by atoms with Gasteiger partial charge in [0.2, 0.25) is 11.7 Å². The molecule has 8 heteroatoms. The summed E-state index contributed by atoms with van der Waals surface area (Å²) in [6.45, 7) is 4.31. The fourth-order valence-electron chi connectivity index (χ4n) is 3.02. The predicted octanol–water partition coefficient (Wildman–Crippen LogP) is 1.57. The molecule has 1 saturated heterocycles. The van der Waals surface area contributed by atoms with E-state index in [4.69, 9.17) is 4.52 Å². The number of aromatic nitrogens is 2. The van der Waals surface area contributed by atoms with Gasteiger partial charge in [-0.2, -0.15) is 4.98 Å². The Bertz CT molecular complexity index is 791. The van der Waals surface area contributed by atoms with Crippen molar-refractivity contribution in [2.45, 2.75) is 43.7 Å². The zero-order valence-electron chi connectivity index (χ0n) is 14.0. The minimum Gasteiger partial charge on any atom is -0.339 e. The fourth-order valence-corrected chi connectivity index (χ4v) is 3.66. The van der Waals surface area contributed by atoms with E-state index in [9.17, 15) is 8.42 Å². The number of sulfone groups is 1. The van der Waals surface area contributed by atoms with E-state index < -0.39 is 9.84 Å². The number of nitrogens with zero attached hydrogens (tertiary/aromatic N) is 2. The summed E-state index contributed by atoms with van der Waals surface area (Å²) in [5.41, 5.74) is 7.22. The Morgan fingerprint density at radius 3 is 2.33 bits per heavy atom. The molecule has 0 radical (unpaired) electrons. The number of hydrogen-bond acceptors (Lipinski definition) is 7. The normalized spacial score (nSPS) is 24.4. The van der Waals surface area contributed by atoms with E-state index in [1.807, 2.05) is 0 Å². The minimum atomic E-state index is -3.20. The minimum absolute atomic E-state index is 0.277. The first kappa shape index (κ1) is 17.1. The van der Waals surface area contributed by atoms with Crippen molar-refractivity contribution in [3.8, 4) is 11.4 Å². The molecular formula is C16H22N4O3S. The van der Waals surface area contributed by atoms with E-state index in [0.717, 1.165) is 18.4 Å². The van der Waals surface area contributed by atoms with Gasteiger partial charge in [0.15, 0.2) is 9.84 Å². The molecule has 1 aliphatic heterocycles. The van der Waals surface area contributed by atoms with Crippen LogP contribution < -0.4 is 10.9 Å². The van der Waals surface area contributed by atoms with Gasteiger partial charge in [-0.1, -0.05) is 5.16 Å². The van der Waals surface area contributed by atoms with Crippen LogP contribution in [0.15, 0.2) is 33.7 Å². The topological polar surface area (TPSA) is 97.1 Å². The molecule has 1 aromatic carbocycles. The molecule has 1 aromatic heterocycles. The summed E-state index contributed by atoms with van der Waals surface area (Å²) in [4.78, 5) is 4.69. The highest BCUT2D eigenvalue weighted by molar-refractivity contribution is 7.90. The Labute approximate surface area is 141 Å². The maximum atomic E-state index is 11.5. The van der Waals surface area contributed by atoms with Crippen LogP contribution in [0.2, 0.25) is 0 Å². The van der Waals surface area contributed by atoms with Gasteiger partial charge in [-0.3, -0.25) is 10.9 Å². The van der Waals surface area contributed by atoms with Gasteiger partial charge in [0, 0.05) is 30.3 Å². The predicted molar refractivity (Wildman–Crippen MR) is 89.9 cm³/mol. The molecule has 2 unspecified atom stereocenters. The Hall–Kier alpha value is -1.77. The van der Waals surface area contributed by atoms with Crippen LogP contribution in [-0.2, 0) is 16.3 Å². The van der Waals surface area contributed by atoms with Crippen molar-refractivity contribution in [1.29, 1.82) is 0 Å². The molecule has 0 amide bonds. The van der Waals surface area contributed by atoms with Gasteiger partial charge in [0.05, 0.1) is 4.90 Å². The summed E-state index contributed by atoms with van der Waals surface area (Å²) < 4.78 is 28.3. The van der Waals surface area contributed by atoms with Crippen LogP contribution in [0.3, 0.4) is 0 Å². The van der Waals surface area contributed by atoms with Gasteiger partial charge in [-0.25, -0.2) is 8.42 Å². The molecule has 24 heavy (non-hydrogen) atoms. The summed E-state index contributed by atoms with van der Waals surface area (Å²) in [5, 5.41) is 3.99. The molecule has 0 saturated carbocycles. The van der Waals surface area contributed by atoms with E-state index in [2.05, 4.69) is 34.8 Å². The molecule has 0 bridgehead atoms.